The Labute approximate surface area is 88.9 Å². The van der Waals surface area contributed by atoms with Crippen molar-refractivity contribution in [3.63, 3.8) is 0 Å². The van der Waals surface area contributed by atoms with Gasteiger partial charge in [0.1, 0.15) is 5.75 Å². The molecule has 2 rings (SSSR count). The Bertz CT molecular complexity index is 512. The fourth-order valence-corrected chi connectivity index (χ4v) is 2.08. The standard InChI is InChI=1S/C12H16N2O/c1-6-4-10-9(5-11(6)15)12(7(2)13)8(3)14-10/h4-5,7,14-15H,13H2,1-3H3. The molecule has 4 N–H and O–H groups in total. The van der Waals surface area contributed by atoms with Crippen molar-refractivity contribution < 1.29 is 5.11 Å². The first kappa shape index (κ1) is 10.1. The summed E-state index contributed by atoms with van der Waals surface area (Å²) >= 11 is 0. The van der Waals surface area contributed by atoms with Gasteiger partial charge in [-0.25, -0.2) is 0 Å². The van der Waals surface area contributed by atoms with E-state index in [-0.39, 0.29) is 6.04 Å². The molecule has 3 nitrogen and oxygen atoms in total. The van der Waals surface area contributed by atoms with Crippen LogP contribution in [0.25, 0.3) is 10.9 Å². The van der Waals surface area contributed by atoms with Gasteiger partial charge in [0, 0.05) is 22.6 Å². The lowest BCUT2D eigenvalue weighted by Crippen LogP contribution is -2.05. The number of benzene rings is 1. The Morgan fingerprint density at radius 3 is 2.60 bits per heavy atom. The summed E-state index contributed by atoms with van der Waals surface area (Å²) in [5, 5.41) is 10.7. The van der Waals surface area contributed by atoms with E-state index < -0.39 is 0 Å². The van der Waals surface area contributed by atoms with E-state index in [1.807, 2.05) is 26.8 Å². The number of H-pyrrole nitrogens is 1. The van der Waals surface area contributed by atoms with Crippen molar-refractivity contribution in [2.75, 3.05) is 0 Å². The maximum absolute atomic E-state index is 9.68. The summed E-state index contributed by atoms with van der Waals surface area (Å²) in [5.74, 6) is 0.323. The SMILES string of the molecule is Cc1cc2[nH]c(C)c(C(C)N)c2cc1O. The summed E-state index contributed by atoms with van der Waals surface area (Å²) in [6, 6.07) is 3.71. The number of hydrogen-bond acceptors (Lipinski definition) is 2. The van der Waals surface area contributed by atoms with Crippen molar-refractivity contribution in [1.82, 2.24) is 4.98 Å². The number of hydrogen-bond donors (Lipinski definition) is 3. The monoisotopic (exact) mass is 204 g/mol. The van der Waals surface area contributed by atoms with Gasteiger partial charge in [0.05, 0.1) is 0 Å². The molecule has 0 spiro atoms. The van der Waals surface area contributed by atoms with Crippen molar-refractivity contribution in [3.05, 3.63) is 29.0 Å². The Balaban J connectivity index is 2.81. The number of aromatic amines is 1. The van der Waals surface area contributed by atoms with Crippen LogP contribution in [0.3, 0.4) is 0 Å². The average molecular weight is 204 g/mol. The van der Waals surface area contributed by atoms with E-state index in [9.17, 15) is 5.11 Å². The Morgan fingerprint density at radius 1 is 1.33 bits per heavy atom. The van der Waals surface area contributed by atoms with Gasteiger partial charge in [-0.2, -0.15) is 0 Å². The van der Waals surface area contributed by atoms with E-state index in [0.717, 1.165) is 27.7 Å². The van der Waals surface area contributed by atoms with Crippen LogP contribution in [0.15, 0.2) is 12.1 Å². The Morgan fingerprint density at radius 2 is 2.00 bits per heavy atom. The van der Waals surface area contributed by atoms with E-state index in [4.69, 9.17) is 5.73 Å². The number of nitrogens with two attached hydrogens (primary N) is 1. The number of phenolic OH excluding ortho intramolecular Hbond substituents is 1. The van der Waals surface area contributed by atoms with Crippen LogP contribution in [0.4, 0.5) is 0 Å². The van der Waals surface area contributed by atoms with Gasteiger partial charge in [-0.15, -0.1) is 0 Å². The molecule has 0 amide bonds. The van der Waals surface area contributed by atoms with Gasteiger partial charge in [-0.05, 0) is 44.0 Å². The first-order valence-corrected chi connectivity index (χ1v) is 5.08. The largest absolute Gasteiger partial charge is 0.508 e. The van der Waals surface area contributed by atoms with E-state index in [2.05, 4.69) is 4.98 Å². The van der Waals surface area contributed by atoms with E-state index in [1.165, 1.54) is 0 Å². The molecule has 3 heteroatoms. The maximum Gasteiger partial charge on any atom is 0.119 e. The second-order valence-electron chi connectivity index (χ2n) is 4.14. The van der Waals surface area contributed by atoms with Gasteiger partial charge in [0.25, 0.3) is 0 Å². The molecule has 0 saturated heterocycles. The van der Waals surface area contributed by atoms with Crippen molar-refractivity contribution in [2.24, 2.45) is 5.73 Å². The highest BCUT2D eigenvalue weighted by atomic mass is 16.3. The fourth-order valence-electron chi connectivity index (χ4n) is 2.08. The first-order chi connectivity index (χ1) is 7.00. The number of aromatic nitrogens is 1. The molecule has 0 aliphatic heterocycles. The lowest BCUT2D eigenvalue weighted by atomic mass is 10.0. The maximum atomic E-state index is 9.68. The highest BCUT2D eigenvalue weighted by molar-refractivity contribution is 5.87. The predicted molar refractivity (Wildman–Crippen MR) is 62.0 cm³/mol. The third-order valence-corrected chi connectivity index (χ3v) is 2.81. The normalized spacial score (nSPS) is 13.3. The molecular weight excluding hydrogens is 188 g/mol. The number of rotatable bonds is 1. The van der Waals surface area contributed by atoms with Crippen LogP contribution in [-0.4, -0.2) is 10.1 Å². The van der Waals surface area contributed by atoms with Gasteiger partial charge < -0.3 is 15.8 Å². The minimum absolute atomic E-state index is 0.0270. The topological polar surface area (TPSA) is 62.0 Å². The molecule has 0 bridgehead atoms. The molecule has 0 aliphatic rings. The van der Waals surface area contributed by atoms with Crippen LogP contribution >= 0.6 is 0 Å². The van der Waals surface area contributed by atoms with Gasteiger partial charge in [-0.3, -0.25) is 0 Å². The van der Waals surface area contributed by atoms with Crippen LogP contribution < -0.4 is 5.73 Å². The van der Waals surface area contributed by atoms with Crippen LogP contribution in [-0.2, 0) is 0 Å². The molecule has 1 atom stereocenters. The zero-order chi connectivity index (χ0) is 11.2. The second-order valence-corrected chi connectivity index (χ2v) is 4.14. The molecule has 1 unspecified atom stereocenters. The molecule has 1 heterocycles. The summed E-state index contributed by atoms with van der Waals surface area (Å²) in [7, 11) is 0. The van der Waals surface area contributed by atoms with Crippen LogP contribution in [0.2, 0.25) is 0 Å². The molecule has 0 aliphatic carbocycles. The van der Waals surface area contributed by atoms with Crippen molar-refractivity contribution >= 4 is 10.9 Å². The number of fused-ring (bicyclic) bond motifs is 1. The highest BCUT2D eigenvalue weighted by Gasteiger charge is 2.13. The van der Waals surface area contributed by atoms with E-state index in [1.54, 1.807) is 6.07 Å². The fraction of sp³-hybridized carbons (Fsp3) is 0.333. The molecule has 2 aromatic rings. The van der Waals surface area contributed by atoms with Crippen LogP contribution in [0, 0.1) is 13.8 Å². The predicted octanol–water partition coefficient (Wildman–Crippen LogP) is 2.51. The van der Waals surface area contributed by atoms with Gasteiger partial charge >= 0.3 is 0 Å². The number of nitrogens with one attached hydrogen (secondary N) is 1. The molecule has 80 valence electrons. The van der Waals surface area contributed by atoms with E-state index >= 15 is 0 Å². The summed E-state index contributed by atoms with van der Waals surface area (Å²) in [6.45, 7) is 5.84. The molecule has 1 aromatic carbocycles. The van der Waals surface area contributed by atoms with Gasteiger partial charge in [-0.1, -0.05) is 0 Å². The average Bonchev–Trinajstić information content (AvgIpc) is 2.41. The number of phenols is 1. The minimum Gasteiger partial charge on any atom is -0.508 e. The molecule has 0 fully saturated rings. The molecule has 15 heavy (non-hydrogen) atoms. The third kappa shape index (κ3) is 1.49. The lowest BCUT2D eigenvalue weighted by Gasteiger charge is -2.05. The molecular formula is C12H16N2O. The smallest absolute Gasteiger partial charge is 0.119 e. The van der Waals surface area contributed by atoms with Crippen molar-refractivity contribution in [1.29, 1.82) is 0 Å². The molecule has 0 radical (unpaired) electrons. The molecule has 1 aromatic heterocycles. The Kier molecular flexibility index (Phi) is 2.20. The van der Waals surface area contributed by atoms with E-state index in [0.29, 0.717) is 5.75 Å². The number of aromatic hydroxyl groups is 1. The first-order valence-electron chi connectivity index (χ1n) is 5.08. The summed E-state index contributed by atoms with van der Waals surface area (Å²) in [5.41, 5.74) is 9.98. The van der Waals surface area contributed by atoms with Gasteiger partial charge in [0.15, 0.2) is 0 Å². The van der Waals surface area contributed by atoms with Gasteiger partial charge in [0.2, 0.25) is 0 Å². The molecule has 0 saturated carbocycles. The zero-order valence-electron chi connectivity index (χ0n) is 9.26. The third-order valence-electron chi connectivity index (χ3n) is 2.81. The van der Waals surface area contributed by atoms with Crippen LogP contribution in [0.5, 0.6) is 5.75 Å². The highest BCUT2D eigenvalue weighted by Crippen LogP contribution is 2.31. The minimum atomic E-state index is -0.0270. The van der Waals surface area contributed by atoms with Crippen molar-refractivity contribution in [3.8, 4) is 5.75 Å². The summed E-state index contributed by atoms with van der Waals surface area (Å²) in [4.78, 5) is 3.29. The summed E-state index contributed by atoms with van der Waals surface area (Å²) in [6.07, 6.45) is 0. The van der Waals surface area contributed by atoms with Crippen LogP contribution in [0.1, 0.15) is 29.8 Å². The number of aryl methyl sites for hydroxylation is 2. The van der Waals surface area contributed by atoms with Crippen molar-refractivity contribution in [2.45, 2.75) is 26.8 Å². The summed E-state index contributed by atoms with van der Waals surface area (Å²) < 4.78 is 0. The Hall–Kier alpha value is -1.48. The quantitative estimate of drug-likeness (QED) is 0.668. The lowest BCUT2D eigenvalue weighted by molar-refractivity contribution is 0.472. The zero-order valence-corrected chi connectivity index (χ0v) is 9.26. The second kappa shape index (κ2) is 3.28.